The van der Waals surface area contributed by atoms with E-state index in [1.54, 1.807) is 27.7 Å². The molecule has 150 valence electrons. The molecule has 1 aromatic rings. The van der Waals surface area contributed by atoms with Crippen LogP contribution in [0.2, 0.25) is 0 Å². The summed E-state index contributed by atoms with van der Waals surface area (Å²) in [7, 11) is 1.84. The van der Waals surface area contributed by atoms with Crippen molar-refractivity contribution in [3.63, 3.8) is 0 Å². The molecule has 0 fully saturated rings. The summed E-state index contributed by atoms with van der Waals surface area (Å²) in [5, 5.41) is 3.20. The Morgan fingerprint density at radius 2 is 2.11 bits per heavy atom. The molecule has 1 atom stereocenters. The van der Waals surface area contributed by atoms with Crippen LogP contribution < -0.4 is 5.32 Å². The monoisotopic (exact) mass is 377 g/mol. The van der Waals surface area contributed by atoms with Crippen molar-refractivity contribution in [3.8, 4) is 0 Å². The van der Waals surface area contributed by atoms with Crippen LogP contribution in [-0.4, -0.2) is 41.2 Å². The standard InChI is InChI=1S/C21H32FN3O2/c1-8-10-11-16(23-7)13-25(20(26)27-21(4,5)6)14-17-18(22)12-15(3)24-19(17)9-2/h8-9,12,16,23H,1-2,10-11,13-14H2,3-7H3. The largest absolute Gasteiger partial charge is 0.444 e. The molecule has 0 bridgehead atoms. The number of allylic oxidation sites excluding steroid dienone is 1. The first-order valence-corrected chi connectivity index (χ1v) is 9.15. The second kappa shape index (κ2) is 10.2. The lowest BCUT2D eigenvalue weighted by molar-refractivity contribution is 0.0212. The lowest BCUT2D eigenvalue weighted by atomic mass is 10.1. The van der Waals surface area contributed by atoms with E-state index >= 15 is 0 Å². The Morgan fingerprint density at radius 1 is 1.44 bits per heavy atom. The first-order chi connectivity index (χ1) is 12.6. The van der Waals surface area contributed by atoms with Gasteiger partial charge in [-0.05, 0) is 59.7 Å². The third-order valence-electron chi connectivity index (χ3n) is 3.99. The molecule has 0 saturated heterocycles. The summed E-state index contributed by atoms with van der Waals surface area (Å²) >= 11 is 0. The molecule has 0 spiro atoms. The van der Waals surface area contributed by atoms with E-state index in [9.17, 15) is 9.18 Å². The molecule has 1 heterocycles. The summed E-state index contributed by atoms with van der Waals surface area (Å²) in [6, 6.07) is 1.40. The highest BCUT2D eigenvalue weighted by Crippen LogP contribution is 2.19. The number of pyridine rings is 1. The Bertz CT molecular complexity index is 668. The van der Waals surface area contributed by atoms with E-state index in [1.165, 1.54) is 17.0 Å². The van der Waals surface area contributed by atoms with Crippen LogP contribution in [0.25, 0.3) is 6.08 Å². The average Bonchev–Trinajstić information content (AvgIpc) is 2.57. The van der Waals surface area contributed by atoms with Gasteiger partial charge in [-0.1, -0.05) is 12.7 Å². The molecule has 0 aliphatic heterocycles. The van der Waals surface area contributed by atoms with Gasteiger partial charge < -0.3 is 15.0 Å². The van der Waals surface area contributed by atoms with Gasteiger partial charge in [-0.15, -0.1) is 6.58 Å². The van der Waals surface area contributed by atoms with E-state index in [0.29, 0.717) is 23.5 Å². The number of aromatic nitrogens is 1. The SMILES string of the molecule is C=CCCC(CN(Cc1c(F)cc(C)nc1C=C)C(=O)OC(C)(C)C)NC. The lowest BCUT2D eigenvalue weighted by Crippen LogP contribution is -2.44. The molecule has 0 saturated carbocycles. The van der Waals surface area contributed by atoms with Gasteiger partial charge in [0, 0.05) is 23.8 Å². The molecule has 1 N–H and O–H groups in total. The van der Waals surface area contributed by atoms with Crippen molar-refractivity contribution in [2.45, 2.75) is 58.7 Å². The number of nitrogens with one attached hydrogen (secondary N) is 1. The topological polar surface area (TPSA) is 54.5 Å². The molecular formula is C21H32FN3O2. The van der Waals surface area contributed by atoms with Gasteiger partial charge in [0.1, 0.15) is 11.4 Å². The molecule has 1 rings (SSSR count). The summed E-state index contributed by atoms with van der Waals surface area (Å²) in [5.41, 5.74) is 0.693. The van der Waals surface area contributed by atoms with Crippen LogP contribution in [0.4, 0.5) is 9.18 Å². The zero-order valence-corrected chi connectivity index (χ0v) is 17.1. The lowest BCUT2D eigenvalue weighted by Gasteiger charge is -2.30. The highest BCUT2D eigenvalue weighted by Gasteiger charge is 2.26. The highest BCUT2D eigenvalue weighted by atomic mass is 19.1. The van der Waals surface area contributed by atoms with Gasteiger partial charge >= 0.3 is 6.09 Å². The normalized spacial score (nSPS) is 12.4. The molecule has 6 heteroatoms. The van der Waals surface area contributed by atoms with Gasteiger partial charge in [0.2, 0.25) is 0 Å². The number of aryl methyl sites for hydroxylation is 1. The molecule has 0 radical (unpaired) electrons. The van der Waals surface area contributed by atoms with Gasteiger partial charge in [0.15, 0.2) is 0 Å². The van der Waals surface area contributed by atoms with Crippen molar-refractivity contribution in [1.29, 1.82) is 0 Å². The Kier molecular flexibility index (Phi) is 8.63. The molecule has 5 nitrogen and oxygen atoms in total. The van der Waals surface area contributed by atoms with E-state index in [1.807, 2.05) is 13.1 Å². The number of carbonyl (C=O) groups is 1. The number of halogens is 1. The van der Waals surface area contributed by atoms with Gasteiger partial charge in [-0.3, -0.25) is 4.98 Å². The van der Waals surface area contributed by atoms with E-state index in [4.69, 9.17) is 4.74 Å². The van der Waals surface area contributed by atoms with Crippen LogP contribution >= 0.6 is 0 Å². The van der Waals surface area contributed by atoms with E-state index < -0.39 is 17.5 Å². The van der Waals surface area contributed by atoms with Gasteiger partial charge in [0.25, 0.3) is 0 Å². The fourth-order valence-corrected chi connectivity index (χ4v) is 2.64. The smallest absolute Gasteiger partial charge is 0.410 e. The zero-order valence-electron chi connectivity index (χ0n) is 17.1. The predicted octanol–water partition coefficient (Wildman–Crippen LogP) is 4.46. The predicted molar refractivity (Wildman–Crippen MR) is 108 cm³/mol. The Balaban J connectivity index is 3.16. The molecule has 0 aliphatic rings. The van der Waals surface area contributed by atoms with Crippen LogP contribution in [0.15, 0.2) is 25.3 Å². The summed E-state index contributed by atoms with van der Waals surface area (Å²) in [6.07, 6.45) is 4.47. The van der Waals surface area contributed by atoms with Crippen molar-refractivity contribution < 1.29 is 13.9 Å². The average molecular weight is 378 g/mol. The highest BCUT2D eigenvalue weighted by molar-refractivity contribution is 5.68. The Morgan fingerprint density at radius 3 is 2.63 bits per heavy atom. The number of hydrogen-bond donors (Lipinski definition) is 1. The molecule has 1 unspecified atom stereocenters. The van der Waals surface area contributed by atoms with Crippen LogP contribution in [0.1, 0.15) is 50.6 Å². The number of amides is 1. The van der Waals surface area contributed by atoms with Crippen molar-refractivity contribution in [2.24, 2.45) is 0 Å². The first-order valence-electron chi connectivity index (χ1n) is 9.15. The summed E-state index contributed by atoms with van der Waals surface area (Å²) in [6.45, 7) is 15.0. The maximum Gasteiger partial charge on any atom is 0.410 e. The van der Waals surface area contributed by atoms with Crippen LogP contribution in [0.5, 0.6) is 0 Å². The minimum absolute atomic E-state index is 0.0316. The first kappa shape index (κ1) is 22.8. The number of carbonyl (C=O) groups excluding carboxylic acids is 1. The molecular weight excluding hydrogens is 345 g/mol. The van der Waals surface area contributed by atoms with Gasteiger partial charge in [-0.2, -0.15) is 0 Å². The van der Waals surface area contributed by atoms with Crippen LogP contribution in [0, 0.1) is 12.7 Å². The van der Waals surface area contributed by atoms with Crippen LogP contribution in [0.3, 0.4) is 0 Å². The quantitative estimate of drug-likeness (QED) is 0.646. The Hall–Kier alpha value is -2.21. The second-order valence-corrected chi connectivity index (χ2v) is 7.53. The van der Waals surface area contributed by atoms with Gasteiger partial charge in [0.05, 0.1) is 12.2 Å². The number of likely N-dealkylation sites (N-methyl/N-ethyl adjacent to an activating group) is 1. The number of hydrogen-bond acceptors (Lipinski definition) is 4. The van der Waals surface area contributed by atoms with Gasteiger partial charge in [-0.25, -0.2) is 9.18 Å². The van der Waals surface area contributed by atoms with Crippen molar-refractivity contribution >= 4 is 12.2 Å². The fourth-order valence-electron chi connectivity index (χ4n) is 2.64. The van der Waals surface area contributed by atoms with Crippen molar-refractivity contribution in [2.75, 3.05) is 13.6 Å². The van der Waals surface area contributed by atoms with E-state index in [2.05, 4.69) is 23.5 Å². The fraction of sp³-hybridized carbons (Fsp3) is 0.524. The third-order valence-corrected chi connectivity index (χ3v) is 3.99. The molecule has 0 aliphatic carbocycles. The molecule has 1 amide bonds. The summed E-state index contributed by atoms with van der Waals surface area (Å²) in [5.74, 6) is -0.405. The molecule has 1 aromatic heterocycles. The third kappa shape index (κ3) is 7.51. The Labute approximate surface area is 162 Å². The second-order valence-electron chi connectivity index (χ2n) is 7.53. The maximum atomic E-state index is 14.6. The molecule has 27 heavy (non-hydrogen) atoms. The minimum atomic E-state index is -0.642. The maximum absolute atomic E-state index is 14.6. The minimum Gasteiger partial charge on any atom is -0.444 e. The zero-order chi connectivity index (χ0) is 20.6. The number of nitrogens with zero attached hydrogens (tertiary/aromatic N) is 2. The van der Waals surface area contributed by atoms with Crippen LogP contribution in [-0.2, 0) is 11.3 Å². The van der Waals surface area contributed by atoms with Crippen molar-refractivity contribution in [3.05, 3.63) is 48.1 Å². The molecule has 0 aromatic carbocycles. The van der Waals surface area contributed by atoms with E-state index in [-0.39, 0.29) is 12.6 Å². The number of ether oxygens (including phenoxy) is 1. The van der Waals surface area contributed by atoms with E-state index in [0.717, 1.165) is 12.8 Å². The summed E-state index contributed by atoms with van der Waals surface area (Å²) in [4.78, 5) is 18.6. The summed E-state index contributed by atoms with van der Waals surface area (Å²) < 4.78 is 20.1. The van der Waals surface area contributed by atoms with Crippen molar-refractivity contribution in [1.82, 2.24) is 15.2 Å². The number of rotatable bonds is 9.